The van der Waals surface area contributed by atoms with Crippen LogP contribution in [0.2, 0.25) is 0 Å². The lowest BCUT2D eigenvalue weighted by Gasteiger charge is -2.12. The number of amides is 1. The number of nitrogens with zero attached hydrogens (tertiary/aromatic N) is 3. The molecule has 4 rings (SSSR count). The van der Waals surface area contributed by atoms with Crippen LogP contribution in [0.5, 0.6) is 0 Å². The van der Waals surface area contributed by atoms with Crippen LogP contribution in [0, 0.1) is 0 Å². The Morgan fingerprint density at radius 3 is 2.91 bits per heavy atom. The van der Waals surface area contributed by atoms with E-state index < -0.39 is 0 Å². The number of hydrogen-bond acceptors (Lipinski definition) is 5. The lowest BCUT2D eigenvalue weighted by atomic mass is 10.4. The summed E-state index contributed by atoms with van der Waals surface area (Å²) in [6, 6.07) is 4.21. The highest BCUT2D eigenvalue weighted by Gasteiger charge is 2.37. The Morgan fingerprint density at radius 1 is 1.43 bits per heavy atom. The summed E-state index contributed by atoms with van der Waals surface area (Å²) < 4.78 is 7.51. The minimum absolute atomic E-state index is 0.00952. The van der Waals surface area contributed by atoms with Gasteiger partial charge in [0.1, 0.15) is 11.6 Å². The number of nitrogens with one attached hydrogen (secondary N) is 1. The summed E-state index contributed by atoms with van der Waals surface area (Å²) in [7, 11) is 0. The van der Waals surface area contributed by atoms with E-state index >= 15 is 0 Å². The monoisotopic (exact) mass is 332 g/mol. The van der Waals surface area contributed by atoms with Crippen LogP contribution in [-0.2, 0) is 11.3 Å². The second-order valence-corrected chi connectivity index (χ2v) is 7.58. The molecule has 0 radical (unpaired) electrons. The molecule has 2 aliphatic rings. The Bertz CT molecular complexity index is 689. The van der Waals surface area contributed by atoms with Gasteiger partial charge in [-0.1, -0.05) is 11.8 Å². The Morgan fingerprint density at radius 2 is 2.26 bits per heavy atom. The van der Waals surface area contributed by atoms with Gasteiger partial charge in [0, 0.05) is 12.0 Å². The summed E-state index contributed by atoms with van der Waals surface area (Å²) in [6.07, 6.45) is 6.44. The van der Waals surface area contributed by atoms with E-state index in [0.29, 0.717) is 18.5 Å². The Hall–Kier alpha value is -1.76. The largest absolute Gasteiger partial charge is 0.467 e. The number of rotatable bonds is 7. The van der Waals surface area contributed by atoms with E-state index in [1.165, 1.54) is 37.4 Å². The maximum absolute atomic E-state index is 12.3. The molecule has 1 N–H and O–H groups in total. The van der Waals surface area contributed by atoms with Crippen molar-refractivity contribution in [3.63, 3.8) is 0 Å². The van der Waals surface area contributed by atoms with E-state index in [1.54, 1.807) is 6.26 Å². The van der Waals surface area contributed by atoms with Gasteiger partial charge in [0.2, 0.25) is 5.91 Å². The SMILES string of the molecule is CC(Sc1nnc(C2CC2)n1C1CC1)C(=O)NCc1ccco1. The van der Waals surface area contributed by atoms with E-state index in [9.17, 15) is 4.79 Å². The Kier molecular flexibility index (Phi) is 3.88. The fraction of sp³-hybridized carbons (Fsp3) is 0.562. The van der Waals surface area contributed by atoms with Crippen LogP contribution < -0.4 is 5.32 Å². The van der Waals surface area contributed by atoms with E-state index in [2.05, 4.69) is 20.1 Å². The minimum atomic E-state index is -0.210. The van der Waals surface area contributed by atoms with E-state index in [1.807, 2.05) is 19.1 Å². The van der Waals surface area contributed by atoms with Crippen molar-refractivity contribution in [3.05, 3.63) is 30.0 Å². The van der Waals surface area contributed by atoms with Gasteiger partial charge in [0.15, 0.2) is 5.16 Å². The topological polar surface area (TPSA) is 73.0 Å². The molecule has 0 aliphatic heterocycles. The molecule has 1 unspecified atom stereocenters. The molecular weight excluding hydrogens is 312 g/mol. The standard InChI is InChI=1S/C16H20N4O2S/c1-10(15(21)17-9-13-3-2-8-22-13)23-16-19-18-14(11-4-5-11)20(16)12-6-7-12/h2-3,8,10-12H,4-7,9H2,1H3,(H,17,21). The molecule has 2 aromatic heterocycles. The summed E-state index contributed by atoms with van der Waals surface area (Å²) >= 11 is 1.50. The van der Waals surface area contributed by atoms with Crippen molar-refractivity contribution in [2.24, 2.45) is 0 Å². The summed E-state index contributed by atoms with van der Waals surface area (Å²) in [5.41, 5.74) is 0. The zero-order valence-corrected chi connectivity index (χ0v) is 13.9. The van der Waals surface area contributed by atoms with Gasteiger partial charge >= 0.3 is 0 Å². The van der Waals surface area contributed by atoms with E-state index in [-0.39, 0.29) is 11.2 Å². The Balaban J connectivity index is 1.40. The van der Waals surface area contributed by atoms with E-state index in [0.717, 1.165) is 16.7 Å². The van der Waals surface area contributed by atoms with Crippen LogP contribution in [0.4, 0.5) is 0 Å². The lowest BCUT2D eigenvalue weighted by molar-refractivity contribution is -0.120. The van der Waals surface area contributed by atoms with Crippen molar-refractivity contribution in [2.75, 3.05) is 0 Å². The lowest BCUT2D eigenvalue weighted by Crippen LogP contribution is -2.30. The molecule has 0 bridgehead atoms. The third kappa shape index (κ3) is 3.29. The zero-order valence-electron chi connectivity index (χ0n) is 13.1. The normalized spacial score (nSPS) is 18.8. The molecule has 0 spiro atoms. The molecule has 2 fully saturated rings. The van der Waals surface area contributed by atoms with Crippen LogP contribution in [0.3, 0.4) is 0 Å². The number of hydrogen-bond donors (Lipinski definition) is 1. The molecule has 2 aromatic rings. The predicted molar refractivity (Wildman–Crippen MR) is 86.1 cm³/mol. The first-order valence-electron chi connectivity index (χ1n) is 8.14. The maximum Gasteiger partial charge on any atom is 0.233 e. The second-order valence-electron chi connectivity index (χ2n) is 6.27. The van der Waals surface area contributed by atoms with Crippen LogP contribution in [-0.4, -0.2) is 25.9 Å². The molecule has 23 heavy (non-hydrogen) atoms. The van der Waals surface area contributed by atoms with Gasteiger partial charge in [-0.2, -0.15) is 0 Å². The molecule has 1 amide bonds. The van der Waals surface area contributed by atoms with Gasteiger partial charge in [-0.3, -0.25) is 4.79 Å². The van der Waals surface area contributed by atoms with E-state index in [4.69, 9.17) is 4.42 Å². The molecule has 6 nitrogen and oxygen atoms in total. The summed E-state index contributed by atoms with van der Waals surface area (Å²) in [6.45, 7) is 2.32. The van der Waals surface area contributed by atoms with Crippen molar-refractivity contribution < 1.29 is 9.21 Å². The molecule has 1 atom stereocenters. The van der Waals surface area contributed by atoms with Crippen molar-refractivity contribution in [2.45, 2.75) is 61.5 Å². The number of thioether (sulfide) groups is 1. The smallest absolute Gasteiger partial charge is 0.233 e. The highest BCUT2D eigenvalue weighted by Crippen LogP contribution is 2.46. The van der Waals surface area contributed by atoms with Crippen LogP contribution in [0.25, 0.3) is 0 Å². The van der Waals surface area contributed by atoms with Gasteiger partial charge in [-0.15, -0.1) is 10.2 Å². The molecule has 2 heterocycles. The fourth-order valence-corrected chi connectivity index (χ4v) is 3.56. The number of carbonyl (C=O) groups is 1. The van der Waals surface area contributed by atoms with Crippen molar-refractivity contribution in [3.8, 4) is 0 Å². The van der Waals surface area contributed by atoms with Gasteiger partial charge in [-0.25, -0.2) is 0 Å². The fourth-order valence-electron chi connectivity index (χ4n) is 2.61. The number of furan rings is 1. The Labute approximate surface area is 139 Å². The van der Waals surface area contributed by atoms with Gasteiger partial charge < -0.3 is 14.3 Å². The molecule has 2 aliphatic carbocycles. The average molecular weight is 332 g/mol. The average Bonchev–Trinajstić information content (AvgIpc) is 3.48. The zero-order chi connectivity index (χ0) is 15.8. The molecule has 0 aromatic carbocycles. The molecular formula is C16H20N4O2S. The van der Waals surface area contributed by atoms with Crippen molar-refractivity contribution in [1.82, 2.24) is 20.1 Å². The summed E-state index contributed by atoms with van der Waals surface area (Å²) in [5.74, 6) is 2.45. The first-order valence-corrected chi connectivity index (χ1v) is 9.02. The summed E-state index contributed by atoms with van der Waals surface area (Å²) in [5, 5.41) is 12.3. The molecule has 122 valence electrons. The number of aromatic nitrogens is 3. The third-order valence-electron chi connectivity index (χ3n) is 4.21. The highest BCUT2D eigenvalue weighted by atomic mass is 32.2. The van der Waals surface area contributed by atoms with Crippen LogP contribution >= 0.6 is 11.8 Å². The summed E-state index contributed by atoms with van der Waals surface area (Å²) in [4.78, 5) is 12.3. The number of carbonyl (C=O) groups excluding carboxylic acids is 1. The van der Waals surface area contributed by atoms with Crippen LogP contribution in [0.1, 0.15) is 56.2 Å². The minimum Gasteiger partial charge on any atom is -0.467 e. The van der Waals surface area contributed by atoms with Crippen molar-refractivity contribution >= 4 is 17.7 Å². The highest BCUT2D eigenvalue weighted by molar-refractivity contribution is 8.00. The first-order chi connectivity index (χ1) is 11.2. The van der Waals surface area contributed by atoms with Crippen LogP contribution in [0.15, 0.2) is 28.0 Å². The quantitative estimate of drug-likeness (QED) is 0.789. The second kappa shape index (κ2) is 6.03. The van der Waals surface area contributed by atoms with Gasteiger partial charge in [0.05, 0.1) is 18.1 Å². The van der Waals surface area contributed by atoms with Crippen molar-refractivity contribution in [1.29, 1.82) is 0 Å². The molecule has 2 saturated carbocycles. The first kappa shape index (κ1) is 14.8. The molecule has 0 saturated heterocycles. The third-order valence-corrected chi connectivity index (χ3v) is 5.27. The molecule has 7 heteroatoms. The van der Waals surface area contributed by atoms with Gasteiger partial charge in [-0.05, 0) is 44.7 Å². The maximum atomic E-state index is 12.3. The van der Waals surface area contributed by atoms with Gasteiger partial charge in [0.25, 0.3) is 0 Å². The predicted octanol–water partition coefficient (Wildman–Crippen LogP) is 2.88.